The molecule has 0 aromatic heterocycles. The summed E-state index contributed by atoms with van der Waals surface area (Å²) in [5.41, 5.74) is 2.16. The van der Waals surface area contributed by atoms with Gasteiger partial charge in [0.2, 0.25) is 0 Å². The second-order valence-corrected chi connectivity index (χ2v) is 5.25. The fraction of sp³-hybridized carbons (Fsp3) is 0.333. The Kier molecular flexibility index (Phi) is 5.76. The monoisotopic (exact) mass is 287 g/mol. The summed E-state index contributed by atoms with van der Waals surface area (Å²) in [6.07, 6.45) is 1.11. The first-order chi connectivity index (χ1) is 10.2. The van der Waals surface area contributed by atoms with E-state index in [1.807, 2.05) is 18.2 Å². The van der Waals surface area contributed by atoms with Gasteiger partial charge >= 0.3 is 0 Å². The molecule has 0 aliphatic carbocycles. The lowest BCUT2D eigenvalue weighted by atomic mass is 10.2. The first kappa shape index (κ1) is 15.5. The Morgan fingerprint density at radius 3 is 2.57 bits per heavy atom. The quantitative estimate of drug-likeness (QED) is 0.820. The summed E-state index contributed by atoms with van der Waals surface area (Å²) in [6.45, 7) is 5.63. The molecule has 0 amide bonds. The fourth-order valence-electron chi connectivity index (χ4n) is 1.93. The van der Waals surface area contributed by atoms with E-state index >= 15 is 0 Å². The van der Waals surface area contributed by atoms with Crippen LogP contribution in [0.25, 0.3) is 0 Å². The van der Waals surface area contributed by atoms with Crippen molar-refractivity contribution in [2.24, 2.45) is 0 Å². The van der Waals surface area contributed by atoms with Crippen molar-refractivity contribution in [1.29, 1.82) is 0 Å². The highest BCUT2D eigenvalue weighted by atomic mass is 19.1. The highest BCUT2D eigenvalue weighted by molar-refractivity contribution is 5.29. The molecule has 2 nitrogen and oxygen atoms in total. The van der Waals surface area contributed by atoms with Gasteiger partial charge in [0.1, 0.15) is 18.2 Å². The molecule has 2 rings (SSSR count). The smallest absolute Gasteiger partial charge is 0.123 e. The van der Waals surface area contributed by atoms with Gasteiger partial charge in [0.25, 0.3) is 0 Å². The van der Waals surface area contributed by atoms with E-state index in [4.69, 9.17) is 4.74 Å². The summed E-state index contributed by atoms with van der Waals surface area (Å²) in [4.78, 5) is 0. The fourth-order valence-corrected chi connectivity index (χ4v) is 1.93. The first-order valence-corrected chi connectivity index (χ1v) is 7.37. The maximum absolute atomic E-state index is 12.8. The molecular formula is C18H22FNO. The molecule has 0 radical (unpaired) electrons. The molecule has 0 spiro atoms. The molecule has 1 N–H and O–H groups in total. The Labute approximate surface area is 126 Å². The summed E-state index contributed by atoms with van der Waals surface area (Å²) in [7, 11) is 0. The van der Waals surface area contributed by atoms with Crippen molar-refractivity contribution in [1.82, 2.24) is 5.32 Å². The molecule has 0 heterocycles. The van der Waals surface area contributed by atoms with Gasteiger partial charge in [-0.25, -0.2) is 4.39 Å². The zero-order valence-corrected chi connectivity index (χ0v) is 12.6. The Morgan fingerprint density at radius 2 is 1.86 bits per heavy atom. The first-order valence-electron chi connectivity index (χ1n) is 7.37. The van der Waals surface area contributed by atoms with Crippen LogP contribution < -0.4 is 10.1 Å². The largest absolute Gasteiger partial charge is 0.489 e. The van der Waals surface area contributed by atoms with Crippen LogP contribution in [-0.4, -0.2) is 6.04 Å². The second-order valence-electron chi connectivity index (χ2n) is 5.25. The van der Waals surface area contributed by atoms with Gasteiger partial charge in [-0.2, -0.15) is 0 Å². The predicted octanol–water partition coefficient (Wildman–Crippen LogP) is 4.29. The van der Waals surface area contributed by atoms with Crippen molar-refractivity contribution in [2.75, 3.05) is 0 Å². The number of nitrogens with one attached hydrogen (secondary N) is 1. The van der Waals surface area contributed by atoms with E-state index in [1.54, 1.807) is 12.1 Å². The molecule has 3 heteroatoms. The summed E-state index contributed by atoms with van der Waals surface area (Å²) in [6, 6.07) is 14.9. The van der Waals surface area contributed by atoms with E-state index in [-0.39, 0.29) is 5.82 Å². The molecular weight excluding hydrogens is 265 g/mol. The lowest BCUT2D eigenvalue weighted by molar-refractivity contribution is 0.305. The molecule has 112 valence electrons. The van der Waals surface area contributed by atoms with E-state index in [0.717, 1.165) is 24.3 Å². The van der Waals surface area contributed by atoms with Gasteiger partial charge in [-0.3, -0.25) is 0 Å². The Bertz CT molecular complexity index is 553. The molecule has 0 saturated carbocycles. The summed E-state index contributed by atoms with van der Waals surface area (Å²) in [5.74, 6) is 0.611. The van der Waals surface area contributed by atoms with Crippen LogP contribution in [0.2, 0.25) is 0 Å². The molecule has 0 aliphatic rings. The zero-order valence-electron chi connectivity index (χ0n) is 12.6. The lowest BCUT2D eigenvalue weighted by Crippen LogP contribution is -2.24. The number of benzene rings is 2. The average Bonchev–Trinajstić information content (AvgIpc) is 2.52. The van der Waals surface area contributed by atoms with Crippen LogP contribution in [-0.2, 0) is 13.2 Å². The van der Waals surface area contributed by atoms with Crippen LogP contribution in [0.1, 0.15) is 31.4 Å². The highest BCUT2D eigenvalue weighted by Gasteiger charge is 2.01. The van der Waals surface area contributed by atoms with Crippen LogP contribution in [0, 0.1) is 5.82 Å². The third-order valence-corrected chi connectivity index (χ3v) is 3.48. The van der Waals surface area contributed by atoms with E-state index in [9.17, 15) is 4.39 Å². The van der Waals surface area contributed by atoms with E-state index in [2.05, 4.69) is 25.2 Å². The summed E-state index contributed by atoms with van der Waals surface area (Å²) < 4.78 is 18.6. The van der Waals surface area contributed by atoms with Gasteiger partial charge in [0.05, 0.1) is 0 Å². The molecule has 0 aliphatic heterocycles. The van der Waals surface area contributed by atoms with Crippen molar-refractivity contribution in [3.63, 3.8) is 0 Å². The van der Waals surface area contributed by atoms with Gasteiger partial charge in [-0.05, 0) is 48.7 Å². The minimum atomic E-state index is -0.225. The summed E-state index contributed by atoms with van der Waals surface area (Å²) in [5, 5.41) is 3.46. The molecule has 1 atom stereocenters. The number of ether oxygens (including phenoxy) is 1. The topological polar surface area (TPSA) is 21.3 Å². The highest BCUT2D eigenvalue weighted by Crippen LogP contribution is 2.15. The van der Waals surface area contributed by atoms with E-state index < -0.39 is 0 Å². The van der Waals surface area contributed by atoms with Gasteiger partial charge in [0.15, 0.2) is 0 Å². The molecule has 0 saturated heterocycles. The molecule has 0 bridgehead atoms. The molecule has 2 aromatic rings. The molecule has 21 heavy (non-hydrogen) atoms. The van der Waals surface area contributed by atoms with Gasteiger partial charge in [0, 0.05) is 12.6 Å². The van der Waals surface area contributed by atoms with Crippen LogP contribution in [0.5, 0.6) is 5.75 Å². The standard InChI is InChI=1S/C18H22FNO/c1-3-14(2)20-12-16-5-4-6-18(11-16)21-13-15-7-9-17(19)10-8-15/h4-11,14,20H,3,12-13H2,1-2H3/t14-/m0/s1. The SMILES string of the molecule is CC[C@H](C)NCc1cccc(OCc2ccc(F)cc2)c1. The van der Waals surface area contributed by atoms with Crippen molar-refractivity contribution >= 4 is 0 Å². The minimum Gasteiger partial charge on any atom is -0.489 e. The Morgan fingerprint density at radius 1 is 1.10 bits per heavy atom. The number of hydrogen-bond acceptors (Lipinski definition) is 2. The van der Waals surface area contributed by atoms with Crippen LogP contribution >= 0.6 is 0 Å². The van der Waals surface area contributed by atoms with Crippen LogP contribution in [0.15, 0.2) is 48.5 Å². The van der Waals surface area contributed by atoms with E-state index in [0.29, 0.717) is 12.6 Å². The van der Waals surface area contributed by atoms with Gasteiger partial charge in [-0.15, -0.1) is 0 Å². The Hall–Kier alpha value is -1.87. The maximum Gasteiger partial charge on any atom is 0.123 e. The average molecular weight is 287 g/mol. The molecule has 2 aromatic carbocycles. The van der Waals surface area contributed by atoms with Crippen molar-refractivity contribution in [3.8, 4) is 5.75 Å². The third-order valence-electron chi connectivity index (χ3n) is 3.48. The molecule has 0 fully saturated rings. The van der Waals surface area contributed by atoms with Crippen LogP contribution in [0.4, 0.5) is 4.39 Å². The third kappa shape index (κ3) is 5.20. The minimum absolute atomic E-state index is 0.225. The normalized spacial score (nSPS) is 12.1. The van der Waals surface area contributed by atoms with Crippen LogP contribution in [0.3, 0.4) is 0 Å². The molecule has 0 unspecified atom stereocenters. The van der Waals surface area contributed by atoms with Crippen molar-refractivity contribution in [2.45, 2.75) is 39.5 Å². The number of rotatable bonds is 7. The summed E-state index contributed by atoms with van der Waals surface area (Å²) >= 11 is 0. The van der Waals surface area contributed by atoms with Crippen molar-refractivity contribution < 1.29 is 9.13 Å². The maximum atomic E-state index is 12.8. The van der Waals surface area contributed by atoms with Gasteiger partial charge in [-0.1, -0.05) is 31.2 Å². The van der Waals surface area contributed by atoms with Gasteiger partial charge < -0.3 is 10.1 Å². The lowest BCUT2D eigenvalue weighted by Gasteiger charge is -2.12. The number of hydrogen-bond donors (Lipinski definition) is 1. The predicted molar refractivity (Wildman–Crippen MR) is 83.8 cm³/mol. The second kappa shape index (κ2) is 7.79. The zero-order chi connectivity index (χ0) is 15.1. The van der Waals surface area contributed by atoms with Crippen molar-refractivity contribution in [3.05, 3.63) is 65.5 Å². The number of halogens is 1. The Balaban J connectivity index is 1.90. The van der Waals surface area contributed by atoms with E-state index in [1.165, 1.54) is 17.7 Å².